The second-order valence-corrected chi connectivity index (χ2v) is 4.96. The van der Waals surface area contributed by atoms with Crippen molar-refractivity contribution in [2.75, 3.05) is 5.73 Å². The smallest absolute Gasteiger partial charge is 0.146 e. The van der Waals surface area contributed by atoms with Gasteiger partial charge < -0.3 is 10.5 Å². The molecule has 0 aliphatic heterocycles. The van der Waals surface area contributed by atoms with Crippen molar-refractivity contribution in [3.8, 4) is 17.6 Å². The Morgan fingerprint density at radius 3 is 2.38 bits per heavy atom. The van der Waals surface area contributed by atoms with Gasteiger partial charge in [0.25, 0.3) is 0 Å². The summed E-state index contributed by atoms with van der Waals surface area (Å²) in [5.74, 6) is 1.18. The van der Waals surface area contributed by atoms with E-state index in [-0.39, 0.29) is 0 Å². The van der Waals surface area contributed by atoms with Gasteiger partial charge in [-0.15, -0.1) is 0 Å². The molecule has 0 radical (unpaired) electrons. The number of nitrogens with two attached hydrogens (primary N) is 1. The van der Waals surface area contributed by atoms with Crippen molar-refractivity contribution in [3.63, 3.8) is 0 Å². The lowest BCUT2D eigenvalue weighted by molar-refractivity contribution is 0.488. The van der Waals surface area contributed by atoms with Gasteiger partial charge in [-0.2, -0.15) is 5.26 Å². The summed E-state index contributed by atoms with van der Waals surface area (Å²) >= 11 is 6.14. The highest BCUT2D eigenvalue weighted by Crippen LogP contribution is 2.36. The summed E-state index contributed by atoms with van der Waals surface area (Å²) in [5.41, 5.74) is 7.16. The number of nitrogen functional groups attached to an aromatic ring is 1. The van der Waals surface area contributed by atoms with E-state index < -0.39 is 0 Å². The third kappa shape index (κ3) is 2.49. The number of nitriles is 1. The fraction of sp³-hybridized carbons (Fsp3) is 0. The maximum absolute atomic E-state index is 8.85. The molecule has 4 heteroatoms. The number of hydrogen-bond acceptors (Lipinski definition) is 3. The van der Waals surface area contributed by atoms with Gasteiger partial charge in [0.1, 0.15) is 11.5 Å². The Kier molecular flexibility index (Phi) is 3.39. The first-order valence-electron chi connectivity index (χ1n) is 6.34. The van der Waals surface area contributed by atoms with E-state index in [0.717, 1.165) is 10.8 Å². The van der Waals surface area contributed by atoms with Crippen molar-refractivity contribution < 1.29 is 4.74 Å². The molecule has 2 N–H and O–H groups in total. The van der Waals surface area contributed by atoms with Crippen molar-refractivity contribution in [3.05, 3.63) is 65.2 Å². The minimum absolute atomic E-state index is 0.398. The number of rotatable bonds is 2. The van der Waals surface area contributed by atoms with Crippen LogP contribution in [0, 0.1) is 11.3 Å². The molecule has 0 bridgehead atoms. The van der Waals surface area contributed by atoms with Gasteiger partial charge in [0.2, 0.25) is 0 Å². The molecule has 0 aliphatic carbocycles. The SMILES string of the molecule is N#Cc1ccc(Oc2ccc(N)c3ccccc23)c(Cl)c1. The molecule has 0 fully saturated rings. The molecular weight excluding hydrogens is 284 g/mol. The second-order valence-electron chi connectivity index (χ2n) is 4.56. The summed E-state index contributed by atoms with van der Waals surface area (Å²) in [6, 6.07) is 18.3. The summed E-state index contributed by atoms with van der Waals surface area (Å²) < 4.78 is 5.88. The van der Waals surface area contributed by atoms with Crippen LogP contribution in [0.5, 0.6) is 11.5 Å². The first kappa shape index (κ1) is 13.3. The van der Waals surface area contributed by atoms with Gasteiger partial charge in [0.15, 0.2) is 0 Å². The lowest BCUT2D eigenvalue weighted by Gasteiger charge is -2.11. The zero-order chi connectivity index (χ0) is 14.8. The van der Waals surface area contributed by atoms with Gasteiger partial charge in [-0.25, -0.2) is 0 Å². The predicted octanol–water partition coefficient (Wildman–Crippen LogP) is 4.74. The Hall–Kier alpha value is -2.70. The van der Waals surface area contributed by atoms with Crippen molar-refractivity contribution in [1.29, 1.82) is 5.26 Å². The fourth-order valence-electron chi connectivity index (χ4n) is 2.16. The molecule has 0 aliphatic rings. The van der Waals surface area contributed by atoms with Crippen molar-refractivity contribution in [2.24, 2.45) is 0 Å². The quantitative estimate of drug-likeness (QED) is 0.694. The molecule has 21 heavy (non-hydrogen) atoms. The van der Waals surface area contributed by atoms with Crippen LogP contribution in [0.2, 0.25) is 5.02 Å². The Balaban J connectivity index is 2.07. The second kappa shape index (κ2) is 5.35. The van der Waals surface area contributed by atoms with E-state index in [2.05, 4.69) is 0 Å². The van der Waals surface area contributed by atoms with E-state index in [1.807, 2.05) is 36.4 Å². The van der Waals surface area contributed by atoms with Crippen LogP contribution in [0.1, 0.15) is 5.56 Å². The minimum atomic E-state index is 0.398. The lowest BCUT2D eigenvalue weighted by Crippen LogP contribution is -1.91. The molecule has 0 saturated heterocycles. The van der Waals surface area contributed by atoms with Crippen LogP contribution in [-0.2, 0) is 0 Å². The third-order valence-corrected chi connectivity index (χ3v) is 3.49. The molecule has 3 aromatic rings. The molecule has 0 spiro atoms. The van der Waals surface area contributed by atoms with Crippen molar-refractivity contribution in [2.45, 2.75) is 0 Å². The number of halogens is 1. The fourth-order valence-corrected chi connectivity index (χ4v) is 2.37. The van der Waals surface area contributed by atoms with E-state index in [4.69, 9.17) is 27.3 Å². The number of hydrogen-bond donors (Lipinski definition) is 1. The first-order valence-corrected chi connectivity index (χ1v) is 6.71. The van der Waals surface area contributed by atoms with Crippen LogP contribution >= 0.6 is 11.6 Å². The molecule has 0 amide bonds. The van der Waals surface area contributed by atoms with Gasteiger partial charge in [0, 0.05) is 16.5 Å². The van der Waals surface area contributed by atoms with Crippen LogP contribution in [0.4, 0.5) is 5.69 Å². The monoisotopic (exact) mass is 294 g/mol. The molecule has 0 atom stereocenters. The highest BCUT2D eigenvalue weighted by Gasteiger charge is 2.08. The summed E-state index contributed by atoms with van der Waals surface area (Å²) in [6.07, 6.45) is 0. The molecule has 102 valence electrons. The maximum atomic E-state index is 8.85. The van der Waals surface area contributed by atoms with Crippen LogP contribution in [-0.4, -0.2) is 0 Å². The number of fused-ring (bicyclic) bond motifs is 1. The molecular formula is C17H11ClN2O. The summed E-state index contributed by atoms with van der Waals surface area (Å²) in [7, 11) is 0. The summed E-state index contributed by atoms with van der Waals surface area (Å²) in [5, 5.41) is 11.1. The Morgan fingerprint density at radius 2 is 1.67 bits per heavy atom. The normalized spacial score (nSPS) is 10.3. The van der Waals surface area contributed by atoms with Gasteiger partial charge >= 0.3 is 0 Å². The topological polar surface area (TPSA) is 59.0 Å². The summed E-state index contributed by atoms with van der Waals surface area (Å²) in [4.78, 5) is 0. The zero-order valence-electron chi connectivity index (χ0n) is 11.0. The van der Waals surface area contributed by atoms with Gasteiger partial charge in [-0.3, -0.25) is 0 Å². The molecule has 0 aromatic heterocycles. The Bertz CT molecular complexity index is 868. The zero-order valence-corrected chi connectivity index (χ0v) is 11.8. The lowest BCUT2D eigenvalue weighted by atomic mass is 10.1. The maximum Gasteiger partial charge on any atom is 0.146 e. The van der Waals surface area contributed by atoms with E-state index in [1.54, 1.807) is 24.3 Å². The molecule has 0 heterocycles. The number of nitrogens with zero attached hydrogens (tertiary/aromatic N) is 1. The predicted molar refractivity (Wildman–Crippen MR) is 84.6 cm³/mol. The number of ether oxygens (including phenoxy) is 1. The summed E-state index contributed by atoms with van der Waals surface area (Å²) in [6.45, 7) is 0. The number of benzene rings is 3. The third-order valence-electron chi connectivity index (χ3n) is 3.20. The highest BCUT2D eigenvalue weighted by molar-refractivity contribution is 6.32. The van der Waals surface area contributed by atoms with E-state index in [0.29, 0.717) is 27.8 Å². The van der Waals surface area contributed by atoms with Gasteiger partial charge in [0.05, 0.1) is 16.7 Å². The van der Waals surface area contributed by atoms with Crippen LogP contribution in [0.25, 0.3) is 10.8 Å². The average Bonchev–Trinajstić information content (AvgIpc) is 2.52. The molecule has 0 saturated carbocycles. The number of anilines is 1. The van der Waals surface area contributed by atoms with Crippen molar-refractivity contribution >= 4 is 28.1 Å². The molecule has 3 aromatic carbocycles. The van der Waals surface area contributed by atoms with E-state index >= 15 is 0 Å². The molecule has 0 unspecified atom stereocenters. The van der Waals surface area contributed by atoms with Crippen molar-refractivity contribution in [1.82, 2.24) is 0 Å². The Labute approximate surface area is 127 Å². The van der Waals surface area contributed by atoms with Crippen LogP contribution in [0.15, 0.2) is 54.6 Å². The minimum Gasteiger partial charge on any atom is -0.455 e. The highest BCUT2D eigenvalue weighted by atomic mass is 35.5. The first-order chi connectivity index (χ1) is 10.2. The molecule has 3 nitrogen and oxygen atoms in total. The van der Waals surface area contributed by atoms with E-state index in [1.165, 1.54) is 0 Å². The standard InChI is InChI=1S/C17H11ClN2O/c18-14-9-11(10-19)5-7-17(14)21-16-8-6-15(20)12-3-1-2-4-13(12)16/h1-9H,20H2. The van der Waals surface area contributed by atoms with Gasteiger partial charge in [-0.05, 0) is 30.3 Å². The largest absolute Gasteiger partial charge is 0.455 e. The van der Waals surface area contributed by atoms with Gasteiger partial charge in [-0.1, -0.05) is 35.9 Å². The van der Waals surface area contributed by atoms with Crippen LogP contribution < -0.4 is 10.5 Å². The molecule has 3 rings (SSSR count). The average molecular weight is 295 g/mol. The van der Waals surface area contributed by atoms with Crippen LogP contribution in [0.3, 0.4) is 0 Å². The van der Waals surface area contributed by atoms with E-state index in [9.17, 15) is 0 Å². The Morgan fingerprint density at radius 1 is 0.952 bits per heavy atom.